The molecule has 82 valence electrons. The van der Waals surface area contributed by atoms with Crippen LogP contribution >= 0.6 is 0 Å². The maximum absolute atomic E-state index is 4.64. The molecule has 0 radical (unpaired) electrons. The smallest absolute Gasteiger partial charge is 0.0799 e. The molecule has 1 aromatic carbocycles. The topological polar surface area (TPSA) is 29.9 Å². The van der Waals surface area contributed by atoms with E-state index in [0.717, 1.165) is 19.5 Å². The number of fused-ring (bicyclic) bond motifs is 1. The van der Waals surface area contributed by atoms with Crippen molar-refractivity contribution >= 4 is 0 Å². The van der Waals surface area contributed by atoms with Crippen molar-refractivity contribution < 1.29 is 0 Å². The lowest BCUT2D eigenvalue weighted by molar-refractivity contribution is 0.629. The summed E-state index contributed by atoms with van der Waals surface area (Å²) in [5.41, 5.74) is 5.00. The second-order valence-corrected chi connectivity index (χ2v) is 4.26. The zero-order valence-electron chi connectivity index (χ0n) is 9.40. The van der Waals surface area contributed by atoms with E-state index >= 15 is 0 Å². The molecule has 16 heavy (non-hydrogen) atoms. The average molecular weight is 213 g/mol. The Morgan fingerprint density at radius 2 is 2.19 bits per heavy atom. The van der Waals surface area contributed by atoms with E-state index in [9.17, 15) is 0 Å². The lowest BCUT2D eigenvalue weighted by Crippen LogP contribution is -2.22. The fourth-order valence-electron chi connectivity index (χ4n) is 2.18. The summed E-state index contributed by atoms with van der Waals surface area (Å²) in [6, 6.07) is 8.35. The van der Waals surface area contributed by atoms with Gasteiger partial charge in [0.15, 0.2) is 0 Å². The summed E-state index contributed by atoms with van der Waals surface area (Å²) < 4.78 is 2.01. The molecule has 0 aliphatic carbocycles. The molecule has 0 bridgehead atoms. The van der Waals surface area contributed by atoms with Crippen LogP contribution in [0.1, 0.15) is 16.8 Å². The monoisotopic (exact) mass is 213 g/mol. The molecule has 0 saturated carbocycles. The molecule has 0 saturated heterocycles. The van der Waals surface area contributed by atoms with E-state index in [1.165, 1.54) is 22.5 Å². The van der Waals surface area contributed by atoms with Crippen molar-refractivity contribution in [3.8, 4) is 5.69 Å². The van der Waals surface area contributed by atoms with Crippen LogP contribution in [0.2, 0.25) is 0 Å². The van der Waals surface area contributed by atoms with Crippen LogP contribution in [0.3, 0.4) is 0 Å². The standard InChI is InChI=1S/C13H15N3/c1-10-4-2-3-5-13(10)16-9-11-6-7-14-8-12(11)15-16/h2-5,9,14H,6-8H2,1H3. The van der Waals surface area contributed by atoms with Gasteiger partial charge in [-0.25, -0.2) is 4.68 Å². The maximum Gasteiger partial charge on any atom is 0.0799 e. The Balaban J connectivity index is 2.07. The Labute approximate surface area is 95.1 Å². The van der Waals surface area contributed by atoms with Gasteiger partial charge in [0.25, 0.3) is 0 Å². The molecule has 0 unspecified atom stereocenters. The van der Waals surface area contributed by atoms with Crippen LogP contribution in [-0.4, -0.2) is 16.3 Å². The number of nitrogens with one attached hydrogen (secondary N) is 1. The van der Waals surface area contributed by atoms with E-state index in [0.29, 0.717) is 0 Å². The molecule has 2 aromatic rings. The third-order valence-electron chi connectivity index (χ3n) is 3.10. The van der Waals surface area contributed by atoms with Crippen molar-refractivity contribution in [1.29, 1.82) is 0 Å². The lowest BCUT2D eigenvalue weighted by atomic mass is 10.1. The van der Waals surface area contributed by atoms with Gasteiger partial charge in [0.05, 0.1) is 11.4 Å². The summed E-state index contributed by atoms with van der Waals surface area (Å²) >= 11 is 0. The molecule has 2 heterocycles. The zero-order chi connectivity index (χ0) is 11.0. The molecule has 1 N–H and O–H groups in total. The fraction of sp³-hybridized carbons (Fsp3) is 0.308. The van der Waals surface area contributed by atoms with Crippen molar-refractivity contribution in [2.75, 3.05) is 6.54 Å². The zero-order valence-corrected chi connectivity index (χ0v) is 9.40. The van der Waals surface area contributed by atoms with E-state index in [4.69, 9.17) is 0 Å². The Bertz CT molecular complexity index is 490. The van der Waals surface area contributed by atoms with Gasteiger partial charge in [0.1, 0.15) is 0 Å². The Morgan fingerprint density at radius 3 is 3.00 bits per heavy atom. The normalized spacial score (nSPS) is 14.8. The Morgan fingerprint density at radius 1 is 1.31 bits per heavy atom. The molecule has 3 heteroatoms. The summed E-state index contributed by atoms with van der Waals surface area (Å²) in [5, 5.41) is 7.98. The number of aromatic nitrogens is 2. The SMILES string of the molecule is Cc1ccccc1-n1cc2c(n1)CNCC2. The molecule has 1 aliphatic rings. The predicted molar refractivity (Wildman–Crippen MR) is 63.7 cm³/mol. The van der Waals surface area contributed by atoms with E-state index in [1.54, 1.807) is 0 Å². The number of nitrogens with zero attached hydrogens (tertiary/aromatic N) is 2. The first-order chi connectivity index (χ1) is 7.84. The highest BCUT2D eigenvalue weighted by Crippen LogP contribution is 2.17. The van der Waals surface area contributed by atoms with E-state index < -0.39 is 0 Å². The van der Waals surface area contributed by atoms with Crippen LogP contribution in [0.5, 0.6) is 0 Å². The van der Waals surface area contributed by atoms with E-state index in [1.807, 2.05) is 4.68 Å². The highest BCUT2D eigenvalue weighted by atomic mass is 15.3. The van der Waals surface area contributed by atoms with Crippen LogP contribution in [0.15, 0.2) is 30.5 Å². The summed E-state index contributed by atoms with van der Waals surface area (Å²) in [7, 11) is 0. The van der Waals surface area contributed by atoms with Gasteiger partial charge < -0.3 is 5.32 Å². The molecule has 3 nitrogen and oxygen atoms in total. The van der Waals surface area contributed by atoms with Gasteiger partial charge in [0, 0.05) is 12.7 Å². The van der Waals surface area contributed by atoms with Gasteiger partial charge in [-0.15, -0.1) is 0 Å². The van der Waals surface area contributed by atoms with Crippen molar-refractivity contribution in [1.82, 2.24) is 15.1 Å². The first-order valence-electron chi connectivity index (χ1n) is 5.69. The van der Waals surface area contributed by atoms with Crippen molar-refractivity contribution in [2.45, 2.75) is 19.9 Å². The fourth-order valence-corrected chi connectivity index (χ4v) is 2.18. The van der Waals surface area contributed by atoms with Crippen LogP contribution < -0.4 is 5.32 Å². The summed E-state index contributed by atoms with van der Waals surface area (Å²) in [4.78, 5) is 0. The molecule has 1 aromatic heterocycles. The minimum absolute atomic E-state index is 0.897. The molecule has 3 rings (SSSR count). The maximum atomic E-state index is 4.64. The number of benzene rings is 1. The predicted octanol–water partition coefficient (Wildman–Crippen LogP) is 1.83. The highest BCUT2D eigenvalue weighted by molar-refractivity contribution is 5.40. The molecule has 1 aliphatic heterocycles. The molecular formula is C13H15N3. The lowest BCUT2D eigenvalue weighted by Gasteiger charge is -2.09. The second-order valence-electron chi connectivity index (χ2n) is 4.26. The highest BCUT2D eigenvalue weighted by Gasteiger charge is 2.13. The van der Waals surface area contributed by atoms with Gasteiger partial charge in [-0.2, -0.15) is 5.10 Å². The number of rotatable bonds is 1. The van der Waals surface area contributed by atoms with Gasteiger partial charge in [-0.3, -0.25) is 0 Å². The third-order valence-corrected chi connectivity index (χ3v) is 3.10. The quantitative estimate of drug-likeness (QED) is 0.783. The molecule has 0 amide bonds. The van der Waals surface area contributed by atoms with Crippen LogP contribution in [-0.2, 0) is 13.0 Å². The summed E-state index contributed by atoms with van der Waals surface area (Å²) in [6.45, 7) is 4.08. The van der Waals surface area contributed by atoms with Crippen molar-refractivity contribution in [3.63, 3.8) is 0 Å². The molecule has 0 fully saturated rings. The van der Waals surface area contributed by atoms with E-state index in [-0.39, 0.29) is 0 Å². The van der Waals surface area contributed by atoms with Gasteiger partial charge >= 0.3 is 0 Å². The number of aryl methyl sites for hydroxylation is 1. The number of hydrogen-bond donors (Lipinski definition) is 1. The van der Waals surface area contributed by atoms with Crippen LogP contribution in [0.4, 0.5) is 0 Å². The van der Waals surface area contributed by atoms with Crippen molar-refractivity contribution in [3.05, 3.63) is 47.3 Å². The number of para-hydroxylation sites is 1. The number of hydrogen-bond acceptors (Lipinski definition) is 2. The summed E-state index contributed by atoms with van der Waals surface area (Å²) in [5.74, 6) is 0. The van der Waals surface area contributed by atoms with Gasteiger partial charge in [0.2, 0.25) is 0 Å². The minimum Gasteiger partial charge on any atom is -0.311 e. The second kappa shape index (κ2) is 3.76. The largest absolute Gasteiger partial charge is 0.311 e. The van der Waals surface area contributed by atoms with Crippen molar-refractivity contribution in [2.24, 2.45) is 0 Å². The van der Waals surface area contributed by atoms with Gasteiger partial charge in [-0.1, -0.05) is 18.2 Å². The van der Waals surface area contributed by atoms with Gasteiger partial charge in [-0.05, 0) is 37.1 Å². The summed E-state index contributed by atoms with van der Waals surface area (Å²) in [6.07, 6.45) is 3.25. The Kier molecular flexibility index (Phi) is 2.26. The van der Waals surface area contributed by atoms with E-state index in [2.05, 4.69) is 47.8 Å². The Hall–Kier alpha value is -1.61. The first-order valence-corrected chi connectivity index (χ1v) is 5.69. The molecule has 0 atom stereocenters. The third kappa shape index (κ3) is 1.53. The van der Waals surface area contributed by atoms with Crippen LogP contribution in [0.25, 0.3) is 5.69 Å². The van der Waals surface area contributed by atoms with Crippen LogP contribution in [0, 0.1) is 6.92 Å². The minimum atomic E-state index is 0.897. The average Bonchev–Trinajstić information content (AvgIpc) is 2.73. The molecular weight excluding hydrogens is 198 g/mol. The molecule has 0 spiro atoms. The first kappa shape index (κ1) is 9.60.